The number of amides is 2. The molecule has 34 heavy (non-hydrogen) atoms. The van der Waals surface area contributed by atoms with Crippen LogP contribution in [0, 0.1) is 5.41 Å². The SMILES string of the molecule is CN(C)[C@H](CNC(=O)C[C@H](c1ccccc1)C1(C(F)(F)F)CC1)Cc1ccc(C(N)=O)cc1Cl. The number of nitrogens with zero attached hydrogens (tertiary/aromatic N) is 1. The average molecular weight is 496 g/mol. The van der Waals surface area contributed by atoms with E-state index in [4.69, 9.17) is 17.3 Å². The van der Waals surface area contributed by atoms with Crippen molar-refractivity contribution in [1.82, 2.24) is 10.2 Å². The van der Waals surface area contributed by atoms with Crippen LogP contribution in [-0.2, 0) is 11.2 Å². The van der Waals surface area contributed by atoms with Crippen LogP contribution in [0.25, 0.3) is 0 Å². The van der Waals surface area contributed by atoms with Crippen molar-refractivity contribution in [1.29, 1.82) is 0 Å². The minimum atomic E-state index is -4.37. The number of carbonyl (C=O) groups excluding carboxylic acids is 2. The first-order valence-corrected chi connectivity index (χ1v) is 11.5. The summed E-state index contributed by atoms with van der Waals surface area (Å²) in [7, 11) is 3.69. The number of alkyl halides is 3. The molecule has 5 nitrogen and oxygen atoms in total. The largest absolute Gasteiger partial charge is 0.395 e. The maximum atomic E-state index is 13.9. The molecule has 1 fully saturated rings. The normalized spacial score (nSPS) is 16.7. The molecule has 2 aromatic carbocycles. The Labute approximate surface area is 202 Å². The van der Waals surface area contributed by atoms with Gasteiger partial charge < -0.3 is 16.0 Å². The number of nitrogens with one attached hydrogen (secondary N) is 1. The highest BCUT2D eigenvalue weighted by Gasteiger charge is 2.67. The van der Waals surface area contributed by atoms with Crippen molar-refractivity contribution in [3.8, 4) is 0 Å². The summed E-state index contributed by atoms with van der Waals surface area (Å²) in [6.07, 6.45) is -4.07. The Morgan fingerprint density at radius 3 is 2.29 bits per heavy atom. The highest BCUT2D eigenvalue weighted by atomic mass is 35.5. The van der Waals surface area contributed by atoms with E-state index in [2.05, 4.69) is 5.32 Å². The van der Waals surface area contributed by atoms with Crippen LogP contribution in [0.15, 0.2) is 48.5 Å². The molecular weight excluding hydrogens is 467 g/mol. The quantitative estimate of drug-likeness (QED) is 0.508. The van der Waals surface area contributed by atoms with Gasteiger partial charge in [-0.1, -0.05) is 48.0 Å². The van der Waals surface area contributed by atoms with Crippen LogP contribution in [0.1, 0.15) is 46.7 Å². The third-order valence-electron chi connectivity index (χ3n) is 6.67. The second-order valence-corrected chi connectivity index (χ2v) is 9.52. The number of hydrogen-bond acceptors (Lipinski definition) is 3. The zero-order valence-electron chi connectivity index (χ0n) is 19.2. The van der Waals surface area contributed by atoms with Gasteiger partial charge in [0, 0.05) is 35.5 Å². The Kier molecular flexibility index (Phi) is 7.93. The fraction of sp³-hybridized carbons (Fsp3) is 0.440. The molecule has 0 saturated heterocycles. The van der Waals surface area contributed by atoms with Gasteiger partial charge in [-0.15, -0.1) is 0 Å². The van der Waals surface area contributed by atoms with E-state index in [9.17, 15) is 22.8 Å². The van der Waals surface area contributed by atoms with E-state index in [1.807, 2.05) is 19.0 Å². The predicted molar refractivity (Wildman–Crippen MR) is 126 cm³/mol. The number of rotatable bonds is 10. The molecule has 0 radical (unpaired) electrons. The predicted octanol–water partition coefficient (Wildman–Crippen LogP) is 4.54. The van der Waals surface area contributed by atoms with Crippen LogP contribution in [-0.4, -0.2) is 49.6 Å². The number of benzene rings is 2. The van der Waals surface area contributed by atoms with Crippen LogP contribution < -0.4 is 11.1 Å². The summed E-state index contributed by atoms with van der Waals surface area (Å²) in [5.41, 5.74) is 5.04. The van der Waals surface area contributed by atoms with Crippen LogP contribution >= 0.6 is 11.6 Å². The highest BCUT2D eigenvalue weighted by Crippen LogP contribution is 2.66. The molecule has 0 spiro atoms. The van der Waals surface area contributed by atoms with Crippen molar-refractivity contribution in [2.24, 2.45) is 11.1 Å². The first kappa shape index (κ1) is 26.0. The van der Waals surface area contributed by atoms with Crippen molar-refractivity contribution >= 4 is 23.4 Å². The van der Waals surface area contributed by atoms with E-state index in [-0.39, 0.29) is 31.8 Å². The lowest BCUT2D eigenvalue weighted by molar-refractivity contribution is -0.194. The van der Waals surface area contributed by atoms with E-state index in [0.29, 0.717) is 22.6 Å². The number of likely N-dealkylation sites (N-methyl/N-ethyl adjacent to an activating group) is 1. The maximum Gasteiger partial charge on any atom is 0.395 e. The summed E-state index contributed by atoms with van der Waals surface area (Å²) in [5.74, 6) is -1.93. The third kappa shape index (κ3) is 5.91. The number of carbonyl (C=O) groups is 2. The van der Waals surface area contributed by atoms with E-state index in [1.165, 1.54) is 6.07 Å². The summed E-state index contributed by atoms with van der Waals surface area (Å²) in [6, 6.07) is 13.1. The fourth-order valence-electron chi connectivity index (χ4n) is 4.33. The smallest absolute Gasteiger partial charge is 0.366 e. The Bertz CT molecular complexity index is 1020. The summed E-state index contributed by atoms with van der Waals surface area (Å²) >= 11 is 6.30. The first-order chi connectivity index (χ1) is 15.9. The Hall–Kier alpha value is -2.58. The van der Waals surface area contributed by atoms with E-state index in [1.54, 1.807) is 42.5 Å². The molecule has 3 rings (SSSR count). The Morgan fingerprint density at radius 1 is 1.15 bits per heavy atom. The van der Waals surface area contributed by atoms with Gasteiger partial charge in [0.15, 0.2) is 0 Å². The zero-order chi connectivity index (χ0) is 25.1. The van der Waals surface area contributed by atoms with Gasteiger partial charge in [-0.05, 0) is 56.6 Å². The van der Waals surface area contributed by atoms with Gasteiger partial charge in [0.25, 0.3) is 0 Å². The fourth-order valence-corrected chi connectivity index (χ4v) is 4.59. The molecule has 9 heteroatoms. The van der Waals surface area contributed by atoms with Crippen molar-refractivity contribution in [2.75, 3.05) is 20.6 Å². The minimum Gasteiger partial charge on any atom is -0.366 e. The van der Waals surface area contributed by atoms with Gasteiger partial charge in [-0.25, -0.2) is 0 Å². The van der Waals surface area contributed by atoms with E-state index in [0.717, 1.165) is 5.56 Å². The van der Waals surface area contributed by atoms with Crippen molar-refractivity contribution in [3.05, 3.63) is 70.2 Å². The maximum absolute atomic E-state index is 13.9. The lowest BCUT2D eigenvalue weighted by Gasteiger charge is -2.30. The number of nitrogens with two attached hydrogens (primary N) is 1. The number of hydrogen-bond donors (Lipinski definition) is 2. The van der Waals surface area contributed by atoms with Crippen LogP contribution in [0.2, 0.25) is 5.02 Å². The first-order valence-electron chi connectivity index (χ1n) is 11.1. The molecule has 2 atom stereocenters. The van der Waals surface area contributed by atoms with Crippen molar-refractivity contribution in [3.63, 3.8) is 0 Å². The van der Waals surface area contributed by atoms with E-state index >= 15 is 0 Å². The van der Waals surface area contributed by atoms with Crippen LogP contribution in [0.3, 0.4) is 0 Å². The standard InChI is InChI=1S/C25H29ClF3N3O2/c1-32(2)19(12-17-8-9-18(23(30)34)13-21(17)26)15-31-22(33)14-20(16-6-4-3-5-7-16)24(10-11-24)25(27,28)29/h3-9,13,19-20H,10-12,14-15H2,1-2H3,(H2,30,34)(H,31,33)/t19-,20+/m0/s1. The molecule has 1 saturated carbocycles. The van der Waals surface area contributed by atoms with Crippen molar-refractivity contribution < 1.29 is 22.8 Å². The molecule has 2 aromatic rings. The lowest BCUT2D eigenvalue weighted by atomic mass is 9.80. The molecule has 1 aliphatic carbocycles. The second kappa shape index (κ2) is 10.4. The molecule has 0 heterocycles. The highest BCUT2D eigenvalue weighted by molar-refractivity contribution is 6.31. The van der Waals surface area contributed by atoms with Crippen LogP contribution in [0.5, 0.6) is 0 Å². The van der Waals surface area contributed by atoms with Crippen LogP contribution in [0.4, 0.5) is 13.2 Å². The molecule has 0 unspecified atom stereocenters. The summed E-state index contributed by atoms with van der Waals surface area (Å²) < 4.78 is 41.6. The molecule has 184 valence electrons. The molecule has 2 amide bonds. The topological polar surface area (TPSA) is 75.4 Å². The van der Waals surface area contributed by atoms with Gasteiger partial charge in [0.1, 0.15) is 0 Å². The molecule has 0 aromatic heterocycles. The second-order valence-electron chi connectivity index (χ2n) is 9.12. The molecule has 1 aliphatic rings. The molecular formula is C25H29ClF3N3O2. The third-order valence-corrected chi connectivity index (χ3v) is 7.02. The molecule has 3 N–H and O–H groups in total. The Balaban J connectivity index is 1.69. The average Bonchev–Trinajstić information content (AvgIpc) is 3.58. The summed E-state index contributed by atoms with van der Waals surface area (Å²) in [6.45, 7) is 0.236. The minimum absolute atomic E-state index is 0.0312. The van der Waals surface area contributed by atoms with Gasteiger partial charge in [0.2, 0.25) is 11.8 Å². The monoisotopic (exact) mass is 495 g/mol. The van der Waals surface area contributed by atoms with Gasteiger partial charge in [-0.2, -0.15) is 13.2 Å². The summed E-state index contributed by atoms with van der Waals surface area (Å²) in [5, 5.41) is 3.21. The molecule has 0 aliphatic heterocycles. The van der Waals surface area contributed by atoms with Gasteiger partial charge in [0.05, 0.1) is 5.41 Å². The van der Waals surface area contributed by atoms with E-state index < -0.39 is 29.3 Å². The Morgan fingerprint density at radius 2 is 1.79 bits per heavy atom. The van der Waals surface area contributed by atoms with Crippen molar-refractivity contribution in [2.45, 2.75) is 43.8 Å². The number of primary amides is 1. The summed E-state index contributed by atoms with van der Waals surface area (Å²) in [4.78, 5) is 26.1. The lowest BCUT2D eigenvalue weighted by Crippen LogP contribution is -2.42. The zero-order valence-corrected chi connectivity index (χ0v) is 19.9. The molecule has 0 bridgehead atoms. The number of halogens is 4. The van der Waals surface area contributed by atoms with Gasteiger partial charge >= 0.3 is 6.18 Å². The van der Waals surface area contributed by atoms with Gasteiger partial charge in [-0.3, -0.25) is 9.59 Å².